The number of nitrogens with one attached hydrogen (secondary N) is 2. The second-order valence-corrected chi connectivity index (χ2v) is 13.6. The number of alkyl halides is 1. The Morgan fingerprint density at radius 2 is 1.70 bits per heavy atom. The number of carbonyl (C=O) groups is 2. The van der Waals surface area contributed by atoms with Crippen molar-refractivity contribution in [2.24, 2.45) is 5.92 Å². The Balaban J connectivity index is 1.59. The van der Waals surface area contributed by atoms with E-state index < -0.39 is 20.8 Å². The summed E-state index contributed by atoms with van der Waals surface area (Å²) in [6, 6.07) is 16.7. The molecule has 3 aliphatic rings. The lowest BCUT2D eigenvalue weighted by Gasteiger charge is -2.52. The number of amides is 2. The molecular formula is C30H23Cl3IN3O3. The lowest BCUT2D eigenvalue weighted by Crippen LogP contribution is -2.62. The summed E-state index contributed by atoms with van der Waals surface area (Å²) in [5, 5.41) is 7.79. The predicted molar refractivity (Wildman–Crippen MR) is 168 cm³/mol. The van der Waals surface area contributed by atoms with Crippen LogP contribution < -0.4 is 21.1 Å². The zero-order valence-electron chi connectivity index (χ0n) is 20.9. The first kappa shape index (κ1) is 27.4. The van der Waals surface area contributed by atoms with Crippen molar-refractivity contribution in [3.63, 3.8) is 0 Å². The molecule has 1 spiro atoms. The quantitative estimate of drug-likeness (QED) is 0.147. The molecule has 10 heteroatoms. The number of allylic oxidation sites excluding steroid dienone is 4. The maximum absolute atomic E-state index is 14.4. The van der Waals surface area contributed by atoms with Gasteiger partial charge in [-0.1, -0.05) is 75.6 Å². The molecule has 0 radical (unpaired) electrons. The van der Waals surface area contributed by atoms with Crippen LogP contribution in [0.3, 0.4) is 0 Å². The molecule has 6 nitrogen and oxygen atoms in total. The van der Waals surface area contributed by atoms with Gasteiger partial charge in [-0.2, -0.15) is 0 Å². The molecule has 4 atom stereocenters. The van der Waals surface area contributed by atoms with E-state index in [0.29, 0.717) is 49.9 Å². The molecule has 0 aromatic heterocycles. The van der Waals surface area contributed by atoms with Crippen LogP contribution in [0.5, 0.6) is 11.5 Å². The fourth-order valence-electron chi connectivity index (χ4n) is 6.14. The number of halogens is 4. The van der Waals surface area contributed by atoms with Gasteiger partial charge >= 0.3 is 0 Å². The van der Waals surface area contributed by atoms with Gasteiger partial charge in [-0.05, 0) is 66.2 Å². The van der Waals surface area contributed by atoms with E-state index in [2.05, 4.69) is 33.2 Å². The number of benzene rings is 3. The van der Waals surface area contributed by atoms with Crippen molar-refractivity contribution in [1.29, 1.82) is 0 Å². The molecule has 2 amide bonds. The van der Waals surface area contributed by atoms with Crippen molar-refractivity contribution in [3.05, 3.63) is 105 Å². The Labute approximate surface area is 260 Å². The van der Waals surface area contributed by atoms with Gasteiger partial charge in [-0.15, -0.1) is 0 Å². The molecule has 204 valence electrons. The SMILES string of the molecule is Nc1ccc(Oc2ccc(Cl)cc2[C@@H]2NC(=O)C[C@@H]([C@]3(I)C=CC=C(Cl)C3)[C@]23C(=O)Nc2cc(Cl)ccc23)cc1. The third-order valence-corrected chi connectivity index (χ3v) is 10.0. The van der Waals surface area contributed by atoms with Crippen LogP contribution >= 0.6 is 57.4 Å². The number of ether oxygens (including phenoxy) is 1. The number of hydrogen-bond acceptors (Lipinski definition) is 4. The lowest BCUT2D eigenvalue weighted by molar-refractivity contribution is -0.134. The maximum Gasteiger partial charge on any atom is 0.237 e. The molecular weight excluding hydrogens is 684 g/mol. The number of nitrogen functional groups attached to an aromatic ring is 1. The summed E-state index contributed by atoms with van der Waals surface area (Å²) < 4.78 is 5.67. The smallest absolute Gasteiger partial charge is 0.237 e. The van der Waals surface area contributed by atoms with Gasteiger partial charge in [-0.3, -0.25) is 9.59 Å². The van der Waals surface area contributed by atoms with Crippen LogP contribution in [0, 0.1) is 5.92 Å². The minimum Gasteiger partial charge on any atom is -0.457 e. The van der Waals surface area contributed by atoms with Crippen LogP contribution in [0.1, 0.15) is 30.0 Å². The Hall–Kier alpha value is -2.72. The Morgan fingerprint density at radius 1 is 0.975 bits per heavy atom. The van der Waals surface area contributed by atoms with Gasteiger partial charge < -0.3 is 21.1 Å². The molecule has 0 bridgehead atoms. The molecule has 3 aromatic rings. The van der Waals surface area contributed by atoms with Crippen LogP contribution in [-0.4, -0.2) is 15.2 Å². The summed E-state index contributed by atoms with van der Waals surface area (Å²) in [4.78, 5) is 27.9. The van der Waals surface area contributed by atoms with E-state index in [0.717, 1.165) is 5.56 Å². The molecule has 6 rings (SSSR count). The molecule has 0 saturated carbocycles. The molecule has 40 heavy (non-hydrogen) atoms. The minimum atomic E-state index is -1.24. The fourth-order valence-corrected chi connectivity index (χ4v) is 8.34. The number of piperidine rings is 1. The van der Waals surface area contributed by atoms with Crippen molar-refractivity contribution in [1.82, 2.24) is 5.32 Å². The van der Waals surface area contributed by atoms with Gasteiger partial charge in [0.15, 0.2) is 0 Å². The highest BCUT2D eigenvalue weighted by molar-refractivity contribution is 14.1. The summed E-state index contributed by atoms with van der Waals surface area (Å²) in [6.07, 6.45) is 6.34. The van der Waals surface area contributed by atoms with Gasteiger partial charge in [0.2, 0.25) is 11.8 Å². The van der Waals surface area contributed by atoms with E-state index >= 15 is 0 Å². The molecule has 0 unspecified atom stereocenters. The van der Waals surface area contributed by atoms with Crippen molar-refractivity contribution >= 4 is 80.6 Å². The number of fused-ring (bicyclic) bond motifs is 2. The Morgan fingerprint density at radius 3 is 2.45 bits per heavy atom. The highest BCUT2D eigenvalue weighted by atomic mass is 127. The van der Waals surface area contributed by atoms with E-state index in [1.54, 1.807) is 54.6 Å². The first-order valence-electron chi connectivity index (χ1n) is 12.6. The summed E-state index contributed by atoms with van der Waals surface area (Å²) in [5.74, 6) is 0.0851. The number of rotatable bonds is 4. The van der Waals surface area contributed by atoms with Gasteiger partial charge in [-0.25, -0.2) is 0 Å². The van der Waals surface area contributed by atoms with Gasteiger partial charge in [0.05, 0.1) is 9.46 Å². The normalized spacial score (nSPS) is 27.1. The number of hydrogen-bond donors (Lipinski definition) is 3. The topological polar surface area (TPSA) is 93.4 Å². The highest BCUT2D eigenvalue weighted by Crippen LogP contribution is 2.61. The van der Waals surface area contributed by atoms with Crippen LogP contribution in [0.25, 0.3) is 0 Å². The number of nitrogens with two attached hydrogens (primary N) is 1. The number of carbonyl (C=O) groups excluding carboxylic acids is 2. The summed E-state index contributed by atoms with van der Waals surface area (Å²) in [5.41, 5.74) is 7.15. The fraction of sp³-hybridized carbons (Fsp3) is 0.200. The average molecular weight is 707 g/mol. The van der Waals surface area contributed by atoms with E-state index in [-0.39, 0.29) is 18.2 Å². The third kappa shape index (κ3) is 4.57. The molecule has 2 heterocycles. The van der Waals surface area contributed by atoms with E-state index in [4.69, 9.17) is 45.3 Å². The lowest BCUT2D eigenvalue weighted by atomic mass is 9.56. The van der Waals surface area contributed by atoms with Crippen molar-refractivity contribution in [2.45, 2.75) is 27.7 Å². The highest BCUT2D eigenvalue weighted by Gasteiger charge is 2.65. The van der Waals surface area contributed by atoms with Gasteiger partial charge in [0.25, 0.3) is 0 Å². The van der Waals surface area contributed by atoms with Crippen molar-refractivity contribution < 1.29 is 14.3 Å². The zero-order chi connectivity index (χ0) is 28.2. The number of anilines is 2. The Bertz CT molecular complexity index is 1610. The first-order chi connectivity index (χ1) is 19.1. The molecule has 1 aliphatic carbocycles. The first-order valence-corrected chi connectivity index (χ1v) is 14.8. The monoisotopic (exact) mass is 705 g/mol. The summed E-state index contributed by atoms with van der Waals surface area (Å²) in [6.45, 7) is 0. The van der Waals surface area contributed by atoms with E-state index in [1.807, 2.05) is 24.3 Å². The van der Waals surface area contributed by atoms with Crippen molar-refractivity contribution in [3.8, 4) is 11.5 Å². The molecule has 3 aromatic carbocycles. The van der Waals surface area contributed by atoms with Crippen LogP contribution in [-0.2, 0) is 15.0 Å². The minimum absolute atomic E-state index is 0.109. The predicted octanol–water partition coefficient (Wildman–Crippen LogP) is 7.69. The van der Waals surface area contributed by atoms with E-state index in [9.17, 15) is 9.59 Å². The van der Waals surface area contributed by atoms with Crippen LogP contribution in [0.2, 0.25) is 10.0 Å². The van der Waals surface area contributed by atoms with E-state index in [1.165, 1.54) is 0 Å². The largest absolute Gasteiger partial charge is 0.457 e. The summed E-state index contributed by atoms with van der Waals surface area (Å²) >= 11 is 21.8. The second-order valence-electron chi connectivity index (χ2n) is 10.2. The average Bonchev–Trinajstić information content (AvgIpc) is 3.18. The standard InChI is InChI=1S/C30H23Cl3IN3O3/c31-16-4-10-24(40-20-7-5-19(35)6-8-20)21(12-16)27-30(22-9-3-17(32)13-23(22)36-28(30)39)25(14-26(38)37-27)29(34)11-1-2-18(33)15-29/h1-13,25,27H,14-15,35H2,(H,36,39)(H,37,38)/t25-,27-,29-,30-/m0/s1. The van der Waals surface area contributed by atoms with Crippen molar-refractivity contribution in [2.75, 3.05) is 11.1 Å². The Kier molecular flexibility index (Phi) is 7.05. The third-order valence-electron chi connectivity index (χ3n) is 7.81. The molecule has 4 N–H and O–H groups in total. The maximum atomic E-state index is 14.4. The zero-order valence-corrected chi connectivity index (χ0v) is 25.3. The van der Waals surface area contributed by atoms with Crippen LogP contribution in [0.4, 0.5) is 11.4 Å². The molecule has 2 aliphatic heterocycles. The van der Waals surface area contributed by atoms with Gasteiger partial charge in [0.1, 0.15) is 16.9 Å². The molecule has 1 fully saturated rings. The summed E-state index contributed by atoms with van der Waals surface area (Å²) in [7, 11) is 0. The molecule has 1 saturated heterocycles. The van der Waals surface area contributed by atoms with Crippen LogP contribution in [0.15, 0.2) is 83.9 Å². The van der Waals surface area contributed by atoms with Gasteiger partial charge in [0, 0.05) is 50.8 Å². The second kappa shape index (κ2) is 10.3.